The number of rotatable bonds is 6. The van der Waals surface area contributed by atoms with Gasteiger partial charge in [0, 0.05) is 31.5 Å². The number of nitrogens with zero attached hydrogens (tertiary/aromatic N) is 2. The Morgan fingerprint density at radius 3 is 2.90 bits per heavy atom. The normalized spacial score (nSPS) is 20.5. The zero-order chi connectivity index (χ0) is 15.6. The smallest absolute Gasteiger partial charge is 0.216 e. The van der Waals surface area contributed by atoms with Crippen LogP contribution in [-0.2, 0) is 21.2 Å². The molecule has 0 saturated carbocycles. The highest BCUT2D eigenvalue weighted by molar-refractivity contribution is 7.89. The number of aryl methyl sites for hydroxylation is 2. The van der Waals surface area contributed by atoms with Gasteiger partial charge in [-0.1, -0.05) is 0 Å². The zero-order valence-corrected chi connectivity index (χ0v) is 14.8. The lowest BCUT2D eigenvalue weighted by Gasteiger charge is -2.26. The van der Waals surface area contributed by atoms with E-state index in [-0.39, 0.29) is 17.8 Å². The molecule has 0 radical (unpaired) electrons. The molecule has 0 fully saturated rings. The van der Waals surface area contributed by atoms with Crippen LogP contribution in [0.25, 0.3) is 0 Å². The molecule has 1 aliphatic rings. The molecule has 7 heteroatoms. The van der Waals surface area contributed by atoms with Gasteiger partial charge in [-0.05, 0) is 33.1 Å². The molecule has 1 heterocycles. The molecule has 0 aromatic carbocycles. The van der Waals surface area contributed by atoms with E-state index >= 15 is 0 Å². The molecule has 2 rings (SSSR count). The van der Waals surface area contributed by atoms with Crippen molar-refractivity contribution in [2.45, 2.75) is 45.1 Å². The molecule has 0 unspecified atom stereocenters. The molecule has 5 nitrogen and oxygen atoms in total. The summed E-state index contributed by atoms with van der Waals surface area (Å²) in [5.74, 6) is 0.242. The van der Waals surface area contributed by atoms with Crippen molar-refractivity contribution in [2.24, 2.45) is 0 Å². The first kappa shape index (κ1) is 16.9. The number of hydrogen-bond acceptors (Lipinski definition) is 5. The van der Waals surface area contributed by atoms with Crippen molar-refractivity contribution in [3.8, 4) is 0 Å². The van der Waals surface area contributed by atoms with Gasteiger partial charge in [0.1, 0.15) is 0 Å². The second-order valence-electron chi connectivity index (χ2n) is 5.74. The van der Waals surface area contributed by atoms with E-state index in [1.165, 1.54) is 16.3 Å². The topological polar surface area (TPSA) is 59.5 Å². The molecule has 0 bridgehead atoms. The van der Waals surface area contributed by atoms with E-state index in [2.05, 4.69) is 4.98 Å². The van der Waals surface area contributed by atoms with Gasteiger partial charge < -0.3 is 4.74 Å². The van der Waals surface area contributed by atoms with Gasteiger partial charge in [-0.25, -0.2) is 17.7 Å². The Morgan fingerprint density at radius 1 is 1.52 bits per heavy atom. The molecule has 1 aromatic rings. The Kier molecular flexibility index (Phi) is 5.40. The van der Waals surface area contributed by atoms with E-state index in [1.54, 1.807) is 25.3 Å². The van der Waals surface area contributed by atoms with Gasteiger partial charge in [0.25, 0.3) is 0 Å². The zero-order valence-electron chi connectivity index (χ0n) is 13.1. The Bertz CT molecular complexity index is 583. The quantitative estimate of drug-likeness (QED) is 0.801. The molecule has 2 atom stereocenters. The summed E-state index contributed by atoms with van der Waals surface area (Å²) in [5, 5.41) is 1.07. The lowest BCUT2D eigenvalue weighted by Crippen LogP contribution is -2.37. The predicted octanol–water partition coefficient (Wildman–Crippen LogP) is 2.17. The van der Waals surface area contributed by atoms with E-state index in [0.29, 0.717) is 6.54 Å². The number of methoxy groups -OCH3 is 1. The molecule has 1 aliphatic carbocycles. The van der Waals surface area contributed by atoms with Crippen LogP contribution in [0.15, 0.2) is 0 Å². The summed E-state index contributed by atoms with van der Waals surface area (Å²) in [7, 11) is -0.0914. The van der Waals surface area contributed by atoms with Gasteiger partial charge in [0.05, 0.1) is 22.6 Å². The summed E-state index contributed by atoms with van der Waals surface area (Å²) in [6.45, 7) is 4.30. The van der Waals surface area contributed by atoms with E-state index < -0.39 is 10.0 Å². The number of thiazole rings is 1. The third kappa shape index (κ3) is 4.03. The second kappa shape index (κ2) is 6.73. The first-order chi connectivity index (χ1) is 9.83. The van der Waals surface area contributed by atoms with Crippen LogP contribution in [0.1, 0.15) is 41.3 Å². The van der Waals surface area contributed by atoms with Crippen molar-refractivity contribution in [1.29, 1.82) is 0 Å². The van der Waals surface area contributed by atoms with Crippen molar-refractivity contribution >= 4 is 21.4 Å². The maximum absolute atomic E-state index is 12.3. The van der Waals surface area contributed by atoms with Crippen LogP contribution < -0.4 is 0 Å². The highest BCUT2D eigenvalue weighted by Crippen LogP contribution is 2.35. The molecule has 0 saturated heterocycles. The van der Waals surface area contributed by atoms with Crippen LogP contribution in [0.4, 0.5) is 0 Å². The monoisotopic (exact) mass is 332 g/mol. The van der Waals surface area contributed by atoms with E-state index in [0.717, 1.165) is 30.0 Å². The summed E-state index contributed by atoms with van der Waals surface area (Å²) in [4.78, 5) is 5.95. The van der Waals surface area contributed by atoms with Crippen LogP contribution in [0.2, 0.25) is 0 Å². The van der Waals surface area contributed by atoms with E-state index in [4.69, 9.17) is 4.74 Å². The van der Waals surface area contributed by atoms with Gasteiger partial charge in [-0.15, -0.1) is 11.3 Å². The van der Waals surface area contributed by atoms with Gasteiger partial charge in [0.2, 0.25) is 10.0 Å². The first-order valence-corrected chi connectivity index (χ1v) is 9.69. The summed E-state index contributed by atoms with van der Waals surface area (Å²) in [5.41, 5.74) is 1.12. The minimum Gasteiger partial charge on any atom is -0.381 e. The lowest BCUT2D eigenvalue weighted by molar-refractivity contribution is 0.135. The highest BCUT2D eigenvalue weighted by atomic mass is 32.2. The molecule has 0 N–H and O–H groups in total. The number of likely N-dealkylation sites (N-methyl/N-ethyl adjacent to an activating group) is 1. The average Bonchev–Trinajstić information content (AvgIpc) is 2.79. The van der Waals surface area contributed by atoms with E-state index in [1.807, 2.05) is 6.92 Å². The fraction of sp³-hybridized carbons (Fsp3) is 0.786. The molecule has 0 spiro atoms. The summed E-state index contributed by atoms with van der Waals surface area (Å²) in [6.07, 6.45) is 2.91. The maximum atomic E-state index is 12.3. The number of fused-ring (bicyclic) bond motifs is 1. The van der Waals surface area contributed by atoms with Crippen molar-refractivity contribution < 1.29 is 13.2 Å². The molecular formula is C14H24N2O3S2. The fourth-order valence-electron chi connectivity index (χ4n) is 2.72. The predicted molar refractivity (Wildman–Crippen MR) is 85.4 cm³/mol. The lowest BCUT2D eigenvalue weighted by atomic mass is 9.91. The van der Waals surface area contributed by atoms with Crippen molar-refractivity contribution in [3.63, 3.8) is 0 Å². The van der Waals surface area contributed by atoms with Crippen molar-refractivity contribution in [1.82, 2.24) is 9.29 Å². The molecular weight excluding hydrogens is 308 g/mol. The van der Waals surface area contributed by atoms with Crippen LogP contribution in [0.3, 0.4) is 0 Å². The van der Waals surface area contributed by atoms with Crippen molar-refractivity contribution in [3.05, 3.63) is 15.6 Å². The minimum atomic E-state index is -3.28. The number of ether oxygens (including phenoxy) is 1. The first-order valence-electron chi connectivity index (χ1n) is 7.26. The largest absolute Gasteiger partial charge is 0.381 e. The van der Waals surface area contributed by atoms with Crippen LogP contribution in [0, 0.1) is 6.92 Å². The van der Waals surface area contributed by atoms with Gasteiger partial charge in [0.15, 0.2) is 0 Å². The van der Waals surface area contributed by atoms with Crippen molar-refractivity contribution in [2.75, 3.05) is 26.5 Å². The fourth-order valence-corrected chi connectivity index (χ4v) is 5.18. The molecule has 1 aromatic heterocycles. The van der Waals surface area contributed by atoms with Crippen LogP contribution in [-0.4, -0.2) is 50.3 Å². The minimum absolute atomic E-state index is 0.0235. The summed E-state index contributed by atoms with van der Waals surface area (Å²) in [6, 6.07) is 0. The number of hydrogen-bond donors (Lipinski definition) is 0. The highest BCUT2D eigenvalue weighted by Gasteiger charge is 2.29. The van der Waals surface area contributed by atoms with E-state index in [9.17, 15) is 8.42 Å². The Balaban J connectivity index is 2.08. The standard InChI is InChI=1S/C14H24N2O3S2/c1-10(19-4)9-21(17,18)16(3)8-12-6-5-7-13-14(12)15-11(2)20-13/h10,12H,5-9H2,1-4H3/t10-,12+/m0/s1. The Hall–Kier alpha value is -0.500. The Morgan fingerprint density at radius 2 is 2.24 bits per heavy atom. The SMILES string of the molecule is CO[C@@H](C)CS(=O)(=O)N(C)C[C@H]1CCCc2sc(C)nc21. The molecule has 21 heavy (non-hydrogen) atoms. The summed E-state index contributed by atoms with van der Waals surface area (Å²) >= 11 is 1.74. The maximum Gasteiger partial charge on any atom is 0.216 e. The number of aromatic nitrogens is 1. The Labute approximate surface area is 131 Å². The second-order valence-corrected chi connectivity index (χ2v) is 9.14. The van der Waals surface area contributed by atoms with Crippen LogP contribution in [0.5, 0.6) is 0 Å². The third-order valence-corrected chi connectivity index (χ3v) is 7.01. The van der Waals surface area contributed by atoms with Gasteiger partial charge in [-0.2, -0.15) is 0 Å². The molecule has 0 amide bonds. The van der Waals surface area contributed by atoms with Gasteiger partial charge >= 0.3 is 0 Å². The summed E-state index contributed by atoms with van der Waals surface area (Å²) < 4.78 is 31.2. The molecule has 0 aliphatic heterocycles. The van der Waals surface area contributed by atoms with Crippen LogP contribution >= 0.6 is 11.3 Å². The molecule has 120 valence electrons. The average molecular weight is 332 g/mol. The van der Waals surface area contributed by atoms with Gasteiger partial charge in [-0.3, -0.25) is 0 Å². The number of sulfonamides is 1. The third-order valence-electron chi connectivity index (χ3n) is 3.98.